The summed E-state index contributed by atoms with van der Waals surface area (Å²) in [6, 6.07) is 7.86. The number of amides is 1. The zero-order valence-electron chi connectivity index (χ0n) is 20.9. The first kappa shape index (κ1) is 23.7. The van der Waals surface area contributed by atoms with Gasteiger partial charge >= 0.3 is 0 Å². The highest BCUT2D eigenvalue weighted by molar-refractivity contribution is 7.12. The average molecular weight is 515 g/mol. The first-order valence-corrected chi connectivity index (χ1v) is 13.7. The molecule has 190 valence electrons. The van der Waals surface area contributed by atoms with Crippen LogP contribution in [0.5, 0.6) is 0 Å². The predicted octanol–water partition coefficient (Wildman–Crippen LogP) is 4.15. The Labute approximate surface area is 219 Å². The molecule has 6 rings (SSSR count). The number of thiazole rings is 1. The van der Waals surface area contributed by atoms with Crippen LogP contribution in [0.25, 0.3) is 16.3 Å². The smallest absolute Gasteiger partial charge is 0.272 e. The molecule has 1 fully saturated rings. The number of H-pyrrole nitrogens is 1. The standard InChI is InChI=1S/C28H30N6O2S/c1-3-18(26-21-6-4-5-7-22(21)27(35)33-32-26)10-17-11-20(12-17)31-28(36)23-14-30-25-13-19(8-9-34(23)25)24-15-29-16(2)37-24/h4-9,13-15,17-18,20,25,30H,3,10-12H2,1-2H3,(H,31,36)(H,33,35)/t17-,18-,20-,25?/m1/s1. The lowest BCUT2D eigenvalue weighted by Crippen LogP contribution is -2.47. The van der Waals surface area contributed by atoms with E-state index >= 15 is 0 Å². The Kier molecular flexibility index (Phi) is 6.16. The van der Waals surface area contributed by atoms with Gasteiger partial charge in [0.25, 0.3) is 11.5 Å². The lowest BCUT2D eigenvalue weighted by atomic mass is 9.73. The Morgan fingerprint density at radius 2 is 2.08 bits per heavy atom. The van der Waals surface area contributed by atoms with Crippen LogP contribution in [0.1, 0.15) is 54.1 Å². The summed E-state index contributed by atoms with van der Waals surface area (Å²) in [5, 5.41) is 16.3. The molecule has 0 spiro atoms. The molecule has 1 unspecified atom stereocenters. The fourth-order valence-electron chi connectivity index (χ4n) is 5.63. The van der Waals surface area contributed by atoms with Gasteiger partial charge in [0.15, 0.2) is 0 Å². The van der Waals surface area contributed by atoms with Crippen molar-refractivity contribution in [3.63, 3.8) is 0 Å². The van der Waals surface area contributed by atoms with E-state index in [4.69, 9.17) is 0 Å². The Morgan fingerprint density at radius 1 is 1.27 bits per heavy atom. The van der Waals surface area contributed by atoms with Crippen molar-refractivity contribution in [2.24, 2.45) is 5.92 Å². The van der Waals surface area contributed by atoms with E-state index in [-0.39, 0.29) is 29.6 Å². The molecule has 3 aromatic rings. The minimum Gasteiger partial charge on any atom is -0.366 e. The SMILES string of the molecule is CC[C@H](C[C@H]1C[C@H](NC(=O)C2=CNC3C=C(c4cnc(C)s4)C=CN23)C1)c1n[nH]c(=O)c2ccccc12. The maximum atomic E-state index is 13.1. The fraction of sp³-hybridized carbons (Fsp3) is 0.357. The van der Waals surface area contributed by atoms with E-state index in [1.165, 1.54) is 0 Å². The highest BCUT2D eigenvalue weighted by atomic mass is 32.1. The van der Waals surface area contributed by atoms with Crippen molar-refractivity contribution >= 4 is 33.6 Å². The van der Waals surface area contributed by atoms with Gasteiger partial charge < -0.3 is 15.5 Å². The van der Waals surface area contributed by atoms with Crippen LogP contribution < -0.4 is 16.2 Å². The van der Waals surface area contributed by atoms with Crippen LogP contribution in [0.4, 0.5) is 0 Å². The maximum absolute atomic E-state index is 13.1. The molecule has 8 nitrogen and oxygen atoms in total. The van der Waals surface area contributed by atoms with Crippen LogP contribution in [0.15, 0.2) is 65.5 Å². The van der Waals surface area contributed by atoms with Gasteiger partial charge in [-0.2, -0.15) is 5.10 Å². The summed E-state index contributed by atoms with van der Waals surface area (Å²) in [5.74, 6) is 0.746. The van der Waals surface area contributed by atoms with Gasteiger partial charge in [-0.3, -0.25) is 9.59 Å². The van der Waals surface area contributed by atoms with Crippen molar-refractivity contribution in [3.05, 3.63) is 86.6 Å². The van der Waals surface area contributed by atoms with E-state index < -0.39 is 0 Å². The van der Waals surface area contributed by atoms with Gasteiger partial charge in [-0.25, -0.2) is 10.1 Å². The summed E-state index contributed by atoms with van der Waals surface area (Å²) in [4.78, 5) is 32.7. The fourth-order valence-corrected chi connectivity index (χ4v) is 6.41. The second kappa shape index (κ2) is 9.63. The zero-order chi connectivity index (χ0) is 25.5. The first-order chi connectivity index (χ1) is 18.0. The quantitative estimate of drug-likeness (QED) is 0.438. The lowest BCUT2D eigenvalue weighted by molar-refractivity contribution is -0.120. The first-order valence-electron chi connectivity index (χ1n) is 12.9. The zero-order valence-corrected chi connectivity index (χ0v) is 21.7. The lowest BCUT2D eigenvalue weighted by Gasteiger charge is -2.38. The summed E-state index contributed by atoms with van der Waals surface area (Å²) in [7, 11) is 0. The highest BCUT2D eigenvalue weighted by Gasteiger charge is 2.36. The minimum atomic E-state index is -0.146. The molecule has 37 heavy (non-hydrogen) atoms. The number of rotatable bonds is 7. The molecule has 3 aliphatic rings. The normalized spacial score (nSPS) is 23.1. The molecule has 2 aliphatic heterocycles. The van der Waals surface area contributed by atoms with Crippen LogP contribution in [0.2, 0.25) is 0 Å². The Morgan fingerprint density at radius 3 is 2.84 bits per heavy atom. The van der Waals surface area contributed by atoms with Gasteiger partial charge in [0.1, 0.15) is 11.9 Å². The predicted molar refractivity (Wildman–Crippen MR) is 145 cm³/mol. The number of hydrogen-bond acceptors (Lipinski definition) is 7. The number of benzene rings is 1. The third kappa shape index (κ3) is 4.48. The molecule has 2 atom stereocenters. The summed E-state index contributed by atoms with van der Waals surface area (Å²) in [6.45, 7) is 4.17. The number of allylic oxidation sites excluding steroid dienone is 2. The van der Waals surface area contributed by atoms with E-state index in [2.05, 4.69) is 38.8 Å². The molecule has 2 aromatic heterocycles. The molecular formula is C28H30N6O2S. The Balaban J connectivity index is 1.04. The Bertz CT molecular complexity index is 1500. The number of carbonyl (C=O) groups excluding carboxylic acids is 1. The van der Waals surface area contributed by atoms with Gasteiger partial charge in [0.2, 0.25) is 0 Å². The second-order valence-electron chi connectivity index (χ2n) is 10.1. The number of nitrogens with zero attached hydrogens (tertiary/aromatic N) is 3. The molecule has 0 bridgehead atoms. The average Bonchev–Trinajstić information content (AvgIpc) is 3.52. The number of fused-ring (bicyclic) bond motifs is 2. The molecular weight excluding hydrogens is 484 g/mol. The van der Waals surface area contributed by atoms with Crippen molar-refractivity contribution in [1.29, 1.82) is 0 Å². The van der Waals surface area contributed by atoms with Crippen molar-refractivity contribution in [2.75, 3.05) is 0 Å². The van der Waals surface area contributed by atoms with Crippen LogP contribution in [0.3, 0.4) is 0 Å². The number of hydrogen-bond donors (Lipinski definition) is 3. The maximum Gasteiger partial charge on any atom is 0.272 e. The topological polar surface area (TPSA) is 103 Å². The third-order valence-corrected chi connectivity index (χ3v) is 8.61. The molecule has 1 aliphatic carbocycles. The summed E-state index contributed by atoms with van der Waals surface area (Å²) < 4.78 is 0. The number of nitrogens with one attached hydrogen (secondary N) is 3. The molecule has 1 aromatic carbocycles. The van der Waals surface area contributed by atoms with E-state index in [0.29, 0.717) is 17.0 Å². The van der Waals surface area contributed by atoms with Crippen molar-refractivity contribution in [1.82, 2.24) is 30.7 Å². The van der Waals surface area contributed by atoms with Crippen molar-refractivity contribution < 1.29 is 4.79 Å². The van der Waals surface area contributed by atoms with Gasteiger partial charge in [0.05, 0.1) is 21.0 Å². The molecule has 1 saturated carbocycles. The van der Waals surface area contributed by atoms with Crippen LogP contribution in [-0.4, -0.2) is 38.2 Å². The largest absolute Gasteiger partial charge is 0.366 e. The van der Waals surface area contributed by atoms with Crippen molar-refractivity contribution in [3.8, 4) is 0 Å². The number of aryl methyl sites for hydroxylation is 1. The summed E-state index contributed by atoms with van der Waals surface area (Å²) in [6.07, 6.45) is 13.6. The van der Waals surface area contributed by atoms with E-state index in [9.17, 15) is 9.59 Å². The van der Waals surface area contributed by atoms with Gasteiger partial charge in [-0.1, -0.05) is 25.1 Å². The van der Waals surface area contributed by atoms with E-state index in [1.807, 2.05) is 54.6 Å². The minimum absolute atomic E-state index is 0.0473. The van der Waals surface area contributed by atoms with Gasteiger partial charge in [-0.05, 0) is 62.3 Å². The molecule has 3 N–H and O–H groups in total. The monoisotopic (exact) mass is 514 g/mol. The molecule has 9 heteroatoms. The van der Waals surface area contributed by atoms with Crippen molar-refractivity contribution in [2.45, 2.75) is 57.7 Å². The number of aromatic amines is 1. The van der Waals surface area contributed by atoms with Gasteiger partial charge in [-0.15, -0.1) is 11.3 Å². The second-order valence-corrected chi connectivity index (χ2v) is 11.3. The summed E-state index contributed by atoms with van der Waals surface area (Å²) >= 11 is 1.67. The third-order valence-electron chi connectivity index (χ3n) is 7.65. The Hall–Kier alpha value is -3.72. The summed E-state index contributed by atoms with van der Waals surface area (Å²) in [5.41, 5.74) is 2.57. The van der Waals surface area contributed by atoms with Crippen LogP contribution in [-0.2, 0) is 4.79 Å². The molecule has 0 saturated heterocycles. The van der Waals surface area contributed by atoms with E-state index in [1.54, 1.807) is 17.5 Å². The highest BCUT2D eigenvalue weighted by Crippen LogP contribution is 2.39. The molecule has 4 heterocycles. The molecule has 1 amide bonds. The van der Waals surface area contributed by atoms with Crippen LogP contribution >= 0.6 is 11.3 Å². The number of carbonyl (C=O) groups is 1. The van der Waals surface area contributed by atoms with Gasteiger partial charge in [0, 0.05) is 35.9 Å². The number of aromatic nitrogens is 3. The molecule has 0 radical (unpaired) electrons. The van der Waals surface area contributed by atoms with Crippen LogP contribution in [0, 0.1) is 12.8 Å². The van der Waals surface area contributed by atoms with E-state index in [0.717, 1.165) is 52.2 Å².